The Balaban J connectivity index is 1.49. The second-order valence-corrected chi connectivity index (χ2v) is 5.60. The summed E-state index contributed by atoms with van der Waals surface area (Å²) in [6.45, 7) is -0.156. The first kappa shape index (κ1) is 16.9. The van der Waals surface area contributed by atoms with Crippen LogP contribution < -0.4 is 5.32 Å². The van der Waals surface area contributed by atoms with Crippen LogP contribution in [0.4, 0.5) is 0 Å². The first-order chi connectivity index (χ1) is 12.0. The van der Waals surface area contributed by atoms with E-state index in [9.17, 15) is 19.2 Å². The molecule has 2 amide bonds. The Morgan fingerprint density at radius 2 is 2.00 bits per heavy atom. The van der Waals surface area contributed by atoms with Gasteiger partial charge in [0.1, 0.15) is 12.6 Å². The number of benzene rings is 1. The maximum atomic E-state index is 12.1. The Labute approximate surface area is 142 Å². The van der Waals surface area contributed by atoms with Gasteiger partial charge in [0.2, 0.25) is 12.0 Å². The normalized spacial score (nSPS) is 22.6. The molecule has 2 aliphatic heterocycles. The lowest BCUT2D eigenvalue weighted by atomic mass is 10.1. The first-order valence-electron chi connectivity index (χ1n) is 7.74. The fraction of sp³-hybridized carbons (Fsp3) is 0.375. The van der Waals surface area contributed by atoms with E-state index in [0.29, 0.717) is 5.23 Å². The molecule has 9 nitrogen and oxygen atoms in total. The average molecular weight is 348 g/mol. The van der Waals surface area contributed by atoms with Gasteiger partial charge in [0.15, 0.2) is 0 Å². The topological polar surface area (TPSA) is 111 Å². The lowest BCUT2D eigenvalue weighted by Crippen LogP contribution is -2.44. The molecule has 1 N–H and O–H groups in total. The number of nitrogens with zero attached hydrogens (tertiary/aromatic N) is 1. The second kappa shape index (κ2) is 7.31. The van der Waals surface area contributed by atoms with Gasteiger partial charge in [-0.05, 0) is 10.8 Å². The third-order valence-electron chi connectivity index (χ3n) is 3.70. The maximum absolute atomic E-state index is 12.1. The van der Waals surface area contributed by atoms with E-state index in [4.69, 9.17) is 14.4 Å². The summed E-state index contributed by atoms with van der Waals surface area (Å²) in [7, 11) is 0. The molecule has 3 rings (SSSR count). The fourth-order valence-corrected chi connectivity index (χ4v) is 2.44. The van der Waals surface area contributed by atoms with Crippen LogP contribution in [0.3, 0.4) is 0 Å². The molecule has 1 aromatic rings. The van der Waals surface area contributed by atoms with E-state index < -0.39 is 30.0 Å². The standard InChI is InChI=1S/C16H16N2O7/c19-13(8-10-4-2-1-3-5-10)17-11-9-23-18(15(11)21)25-16(22)12-6-7-14(20)24-12/h1-5,11-12H,6-9H2,(H,17,19)/t11-,12?/m0/s1. The Morgan fingerprint density at radius 3 is 2.68 bits per heavy atom. The van der Waals surface area contributed by atoms with Crippen molar-refractivity contribution in [3.8, 4) is 0 Å². The molecule has 2 aliphatic rings. The molecular formula is C16H16N2O7. The van der Waals surface area contributed by atoms with Crippen LogP contribution >= 0.6 is 0 Å². The lowest BCUT2D eigenvalue weighted by Gasteiger charge is -2.15. The van der Waals surface area contributed by atoms with Crippen molar-refractivity contribution in [2.45, 2.75) is 31.4 Å². The van der Waals surface area contributed by atoms with E-state index in [0.717, 1.165) is 5.56 Å². The number of carbonyl (C=O) groups excluding carboxylic acids is 4. The van der Waals surface area contributed by atoms with Crippen LogP contribution in [0.15, 0.2) is 30.3 Å². The number of hydrogen-bond donors (Lipinski definition) is 1. The smallest absolute Gasteiger partial charge is 0.375 e. The van der Waals surface area contributed by atoms with Crippen molar-refractivity contribution in [3.05, 3.63) is 35.9 Å². The third-order valence-corrected chi connectivity index (χ3v) is 3.70. The number of nitrogens with one attached hydrogen (secondary N) is 1. The molecular weight excluding hydrogens is 332 g/mol. The Bertz CT molecular complexity index is 691. The van der Waals surface area contributed by atoms with Crippen molar-refractivity contribution < 1.29 is 33.6 Å². The summed E-state index contributed by atoms with van der Waals surface area (Å²) in [6, 6.07) is 8.10. The second-order valence-electron chi connectivity index (χ2n) is 5.60. The maximum Gasteiger partial charge on any atom is 0.375 e. The number of esters is 1. The molecule has 0 spiro atoms. The number of ether oxygens (including phenoxy) is 1. The Kier molecular flexibility index (Phi) is 4.94. The van der Waals surface area contributed by atoms with Gasteiger partial charge in [-0.2, -0.15) is 0 Å². The van der Waals surface area contributed by atoms with Crippen LogP contribution in [0, 0.1) is 0 Å². The molecule has 1 aromatic carbocycles. The van der Waals surface area contributed by atoms with Crippen molar-refractivity contribution in [2.75, 3.05) is 6.61 Å². The number of hydrogen-bond acceptors (Lipinski definition) is 7. The van der Waals surface area contributed by atoms with Crippen molar-refractivity contribution in [3.63, 3.8) is 0 Å². The summed E-state index contributed by atoms with van der Waals surface area (Å²) in [5, 5.41) is 2.94. The van der Waals surface area contributed by atoms with Crippen molar-refractivity contribution >= 4 is 23.8 Å². The van der Waals surface area contributed by atoms with Gasteiger partial charge in [-0.25, -0.2) is 9.63 Å². The number of carbonyl (C=O) groups is 4. The van der Waals surface area contributed by atoms with Gasteiger partial charge in [-0.15, -0.1) is 0 Å². The number of rotatable bonds is 5. The molecule has 0 radical (unpaired) electrons. The van der Waals surface area contributed by atoms with E-state index >= 15 is 0 Å². The molecule has 25 heavy (non-hydrogen) atoms. The average Bonchev–Trinajstić information content (AvgIpc) is 3.16. The van der Waals surface area contributed by atoms with Crippen LogP contribution in [0.2, 0.25) is 0 Å². The Morgan fingerprint density at radius 1 is 1.24 bits per heavy atom. The molecule has 132 valence electrons. The fourth-order valence-electron chi connectivity index (χ4n) is 2.44. The number of hydroxylamine groups is 2. The van der Waals surface area contributed by atoms with Gasteiger partial charge in [0.05, 0.1) is 6.42 Å². The van der Waals surface area contributed by atoms with E-state index in [1.54, 1.807) is 12.1 Å². The minimum absolute atomic E-state index is 0.114. The van der Waals surface area contributed by atoms with E-state index in [1.165, 1.54) is 0 Å². The zero-order valence-corrected chi connectivity index (χ0v) is 13.2. The SMILES string of the molecule is O=C(Cc1ccccc1)N[C@H]1CON(OC(=O)C2CCC(=O)O2)C1=O. The largest absolute Gasteiger partial charge is 0.450 e. The predicted molar refractivity (Wildman–Crippen MR) is 80.1 cm³/mol. The molecule has 2 fully saturated rings. The number of cyclic esters (lactones) is 1. The Hall–Kier alpha value is -2.94. The molecule has 2 heterocycles. The highest BCUT2D eigenvalue weighted by molar-refractivity contribution is 5.89. The van der Waals surface area contributed by atoms with Crippen LogP contribution in [-0.4, -0.2) is 47.7 Å². The summed E-state index contributed by atoms with van der Waals surface area (Å²) in [5.41, 5.74) is 0.803. The van der Waals surface area contributed by atoms with Crippen LogP contribution in [-0.2, 0) is 40.0 Å². The molecule has 2 atom stereocenters. The summed E-state index contributed by atoms with van der Waals surface area (Å²) in [5.74, 6) is -2.46. The highest BCUT2D eigenvalue weighted by Gasteiger charge is 2.40. The van der Waals surface area contributed by atoms with Gasteiger partial charge < -0.3 is 14.9 Å². The quantitative estimate of drug-likeness (QED) is 0.724. The molecule has 0 bridgehead atoms. The number of amides is 2. The molecule has 0 aliphatic carbocycles. The zero-order valence-electron chi connectivity index (χ0n) is 13.2. The minimum atomic E-state index is -1.05. The first-order valence-corrected chi connectivity index (χ1v) is 7.74. The molecule has 1 unspecified atom stereocenters. The predicted octanol–water partition coefficient (Wildman–Crippen LogP) is -0.349. The van der Waals surface area contributed by atoms with E-state index in [1.807, 2.05) is 18.2 Å². The van der Waals surface area contributed by atoms with Gasteiger partial charge in [-0.1, -0.05) is 30.3 Å². The van der Waals surface area contributed by atoms with Gasteiger partial charge in [-0.3, -0.25) is 14.4 Å². The van der Waals surface area contributed by atoms with Crippen molar-refractivity contribution in [1.82, 2.24) is 10.5 Å². The molecule has 9 heteroatoms. The molecule has 0 aromatic heterocycles. The monoisotopic (exact) mass is 348 g/mol. The zero-order chi connectivity index (χ0) is 17.8. The molecule has 0 saturated carbocycles. The van der Waals surface area contributed by atoms with Crippen molar-refractivity contribution in [1.29, 1.82) is 0 Å². The third kappa shape index (κ3) is 4.13. The summed E-state index contributed by atoms with van der Waals surface area (Å²) >= 11 is 0. The molecule has 2 saturated heterocycles. The van der Waals surface area contributed by atoms with Gasteiger partial charge >= 0.3 is 17.8 Å². The lowest BCUT2D eigenvalue weighted by molar-refractivity contribution is -0.306. The van der Waals surface area contributed by atoms with E-state index in [-0.39, 0.29) is 31.8 Å². The minimum Gasteiger partial charge on any atom is -0.450 e. The van der Waals surface area contributed by atoms with Crippen LogP contribution in [0.25, 0.3) is 0 Å². The van der Waals surface area contributed by atoms with Crippen LogP contribution in [0.5, 0.6) is 0 Å². The van der Waals surface area contributed by atoms with Crippen molar-refractivity contribution in [2.24, 2.45) is 0 Å². The highest BCUT2D eigenvalue weighted by atomic mass is 17.0. The van der Waals surface area contributed by atoms with E-state index in [2.05, 4.69) is 5.32 Å². The summed E-state index contributed by atoms with van der Waals surface area (Å²) < 4.78 is 4.75. The highest BCUT2D eigenvalue weighted by Crippen LogP contribution is 2.17. The van der Waals surface area contributed by atoms with Gasteiger partial charge in [0.25, 0.3) is 0 Å². The van der Waals surface area contributed by atoms with Crippen LogP contribution in [0.1, 0.15) is 18.4 Å². The summed E-state index contributed by atoms with van der Waals surface area (Å²) in [6.07, 6.45) is -0.623. The summed E-state index contributed by atoms with van der Waals surface area (Å²) in [4.78, 5) is 56.6. The van der Waals surface area contributed by atoms with Gasteiger partial charge in [0, 0.05) is 12.8 Å².